The van der Waals surface area contributed by atoms with E-state index in [1.807, 2.05) is 0 Å². The van der Waals surface area contributed by atoms with E-state index >= 15 is 0 Å². The Kier molecular flexibility index (Phi) is 2.12. The molecule has 0 bridgehead atoms. The minimum absolute atomic E-state index is 0.759. The molecule has 1 nitrogen and oxygen atoms in total. The number of nitrogens with zero attached hydrogens (tertiary/aromatic N) is 1. The van der Waals surface area contributed by atoms with Crippen LogP contribution in [-0.2, 0) is 0 Å². The molecule has 0 aromatic heterocycles. The molecular weight excluding hydrogens is 110 g/mol. The van der Waals surface area contributed by atoms with Crippen LogP contribution in [0.15, 0.2) is 0 Å². The van der Waals surface area contributed by atoms with E-state index < -0.39 is 0 Å². The van der Waals surface area contributed by atoms with Crippen molar-refractivity contribution in [2.24, 2.45) is 5.92 Å². The number of hydrogen-bond donors (Lipinski definition) is 0. The van der Waals surface area contributed by atoms with Gasteiger partial charge in [0.2, 0.25) is 0 Å². The Bertz CT molecular complexity index is 88.6. The molecule has 0 N–H and O–H groups in total. The highest BCUT2D eigenvalue weighted by Gasteiger charge is 2.19. The largest absolute Gasteiger partial charge is 0.301 e. The number of likely N-dealkylation sites (tertiary alicyclic amines) is 1. The van der Waals surface area contributed by atoms with Crippen LogP contribution in [0.1, 0.15) is 27.2 Å². The second-order valence-electron chi connectivity index (χ2n) is 3.48. The van der Waals surface area contributed by atoms with Gasteiger partial charge in [-0.05, 0) is 32.7 Å². The molecule has 0 spiro atoms. The molecule has 1 saturated heterocycles. The van der Waals surface area contributed by atoms with Gasteiger partial charge in [-0.15, -0.1) is 0 Å². The summed E-state index contributed by atoms with van der Waals surface area (Å²) in [4.78, 5) is 2.55. The van der Waals surface area contributed by atoms with Crippen molar-refractivity contribution in [3.63, 3.8) is 0 Å². The third-order valence-corrected chi connectivity index (χ3v) is 2.19. The molecule has 0 saturated carbocycles. The van der Waals surface area contributed by atoms with E-state index in [1.165, 1.54) is 19.5 Å². The van der Waals surface area contributed by atoms with Crippen LogP contribution in [0.3, 0.4) is 0 Å². The quantitative estimate of drug-likeness (QED) is 0.518. The van der Waals surface area contributed by atoms with Crippen molar-refractivity contribution in [2.75, 3.05) is 13.1 Å². The minimum atomic E-state index is 0.759. The molecule has 0 radical (unpaired) electrons. The van der Waals surface area contributed by atoms with Gasteiger partial charge in [-0.1, -0.05) is 6.92 Å². The molecule has 0 unspecified atom stereocenters. The lowest BCUT2D eigenvalue weighted by Crippen LogP contribution is -2.27. The van der Waals surface area contributed by atoms with Crippen LogP contribution in [0.5, 0.6) is 0 Å². The number of rotatable bonds is 1. The smallest absolute Gasteiger partial charge is 0.00387 e. The standard InChI is InChI=1S/C8H17N/c1-7(2)9-5-4-8(3)6-9/h7-8H,4-6H2,1-3H3/t8-/m0/s1. The lowest BCUT2D eigenvalue weighted by Gasteiger charge is -2.19. The average molecular weight is 127 g/mol. The molecule has 1 heterocycles. The fourth-order valence-electron chi connectivity index (χ4n) is 1.44. The molecule has 1 aliphatic rings. The molecule has 1 atom stereocenters. The summed E-state index contributed by atoms with van der Waals surface area (Å²) >= 11 is 0. The fourth-order valence-corrected chi connectivity index (χ4v) is 1.44. The molecule has 9 heavy (non-hydrogen) atoms. The van der Waals surface area contributed by atoms with E-state index in [0.29, 0.717) is 0 Å². The summed E-state index contributed by atoms with van der Waals surface area (Å²) < 4.78 is 0. The molecule has 0 aromatic carbocycles. The zero-order chi connectivity index (χ0) is 6.85. The Morgan fingerprint density at radius 2 is 2.11 bits per heavy atom. The van der Waals surface area contributed by atoms with E-state index in [9.17, 15) is 0 Å². The van der Waals surface area contributed by atoms with E-state index in [0.717, 1.165) is 12.0 Å². The van der Waals surface area contributed by atoms with Crippen LogP contribution < -0.4 is 0 Å². The predicted molar refractivity (Wildman–Crippen MR) is 40.5 cm³/mol. The number of hydrogen-bond acceptors (Lipinski definition) is 1. The average Bonchev–Trinajstić information content (AvgIpc) is 2.14. The van der Waals surface area contributed by atoms with Crippen molar-refractivity contribution in [3.8, 4) is 0 Å². The lowest BCUT2D eigenvalue weighted by atomic mass is 10.2. The van der Waals surface area contributed by atoms with Gasteiger partial charge in [-0.25, -0.2) is 0 Å². The van der Waals surface area contributed by atoms with Crippen LogP contribution in [0, 0.1) is 5.92 Å². The van der Waals surface area contributed by atoms with E-state index in [4.69, 9.17) is 0 Å². The van der Waals surface area contributed by atoms with Gasteiger partial charge in [0, 0.05) is 12.6 Å². The highest BCUT2D eigenvalue weighted by atomic mass is 15.2. The van der Waals surface area contributed by atoms with Crippen molar-refractivity contribution in [1.82, 2.24) is 4.90 Å². The van der Waals surface area contributed by atoms with Crippen LogP contribution >= 0.6 is 0 Å². The summed E-state index contributed by atoms with van der Waals surface area (Å²) in [6.07, 6.45) is 1.40. The van der Waals surface area contributed by atoms with Crippen LogP contribution in [0.4, 0.5) is 0 Å². The summed E-state index contributed by atoms with van der Waals surface area (Å²) in [5.74, 6) is 0.937. The van der Waals surface area contributed by atoms with E-state index in [-0.39, 0.29) is 0 Å². The summed E-state index contributed by atoms with van der Waals surface area (Å²) in [5.41, 5.74) is 0. The topological polar surface area (TPSA) is 3.24 Å². The van der Waals surface area contributed by atoms with Crippen LogP contribution in [0.2, 0.25) is 0 Å². The van der Waals surface area contributed by atoms with Gasteiger partial charge in [0.15, 0.2) is 0 Å². The first-order valence-corrected chi connectivity index (χ1v) is 3.94. The lowest BCUT2D eigenvalue weighted by molar-refractivity contribution is 0.267. The summed E-state index contributed by atoms with van der Waals surface area (Å²) in [5, 5.41) is 0. The van der Waals surface area contributed by atoms with Crippen molar-refractivity contribution in [1.29, 1.82) is 0 Å². The normalized spacial score (nSPS) is 30.0. The van der Waals surface area contributed by atoms with Gasteiger partial charge in [0.1, 0.15) is 0 Å². The van der Waals surface area contributed by atoms with Crippen molar-refractivity contribution < 1.29 is 0 Å². The van der Waals surface area contributed by atoms with E-state index in [2.05, 4.69) is 25.7 Å². The summed E-state index contributed by atoms with van der Waals surface area (Å²) in [6.45, 7) is 9.52. The monoisotopic (exact) mass is 127 g/mol. The van der Waals surface area contributed by atoms with Gasteiger partial charge in [0.25, 0.3) is 0 Å². The Morgan fingerprint density at radius 3 is 2.33 bits per heavy atom. The van der Waals surface area contributed by atoms with Crippen molar-refractivity contribution in [2.45, 2.75) is 33.2 Å². The molecule has 1 rings (SSSR count). The minimum Gasteiger partial charge on any atom is -0.301 e. The second kappa shape index (κ2) is 2.70. The zero-order valence-corrected chi connectivity index (χ0v) is 6.72. The van der Waals surface area contributed by atoms with Crippen LogP contribution in [0.25, 0.3) is 0 Å². The first-order chi connectivity index (χ1) is 4.20. The zero-order valence-electron chi connectivity index (χ0n) is 6.72. The maximum atomic E-state index is 2.55. The third-order valence-electron chi connectivity index (χ3n) is 2.19. The molecule has 0 aromatic rings. The SMILES string of the molecule is CC(C)N1CC[C@H](C)C1. The Hall–Kier alpha value is -0.0400. The van der Waals surface area contributed by atoms with Gasteiger partial charge in [-0.3, -0.25) is 0 Å². The molecule has 1 heteroatoms. The fraction of sp³-hybridized carbons (Fsp3) is 1.00. The highest BCUT2D eigenvalue weighted by molar-refractivity contribution is 4.74. The molecule has 1 fully saturated rings. The van der Waals surface area contributed by atoms with Crippen LogP contribution in [-0.4, -0.2) is 24.0 Å². The maximum absolute atomic E-state index is 2.55. The molecule has 54 valence electrons. The molecule has 0 amide bonds. The van der Waals surface area contributed by atoms with Gasteiger partial charge in [-0.2, -0.15) is 0 Å². The maximum Gasteiger partial charge on any atom is 0.00387 e. The van der Waals surface area contributed by atoms with Crippen molar-refractivity contribution >= 4 is 0 Å². The predicted octanol–water partition coefficient (Wildman–Crippen LogP) is 1.74. The summed E-state index contributed by atoms with van der Waals surface area (Å²) in [7, 11) is 0. The Labute approximate surface area is 58.0 Å². The highest BCUT2D eigenvalue weighted by Crippen LogP contribution is 2.16. The van der Waals surface area contributed by atoms with Gasteiger partial charge in [0.05, 0.1) is 0 Å². The van der Waals surface area contributed by atoms with E-state index in [1.54, 1.807) is 0 Å². The Morgan fingerprint density at radius 1 is 1.44 bits per heavy atom. The molecule has 0 aliphatic carbocycles. The molecular formula is C8H17N. The van der Waals surface area contributed by atoms with Crippen molar-refractivity contribution in [3.05, 3.63) is 0 Å². The summed E-state index contributed by atoms with van der Waals surface area (Å²) in [6, 6.07) is 0.759. The first-order valence-electron chi connectivity index (χ1n) is 3.94. The third kappa shape index (κ3) is 1.68. The second-order valence-corrected chi connectivity index (χ2v) is 3.48. The Balaban J connectivity index is 2.30. The van der Waals surface area contributed by atoms with Gasteiger partial charge < -0.3 is 4.90 Å². The van der Waals surface area contributed by atoms with Gasteiger partial charge >= 0.3 is 0 Å². The molecule has 1 aliphatic heterocycles. The first kappa shape index (κ1) is 7.07.